The van der Waals surface area contributed by atoms with Gasteiger partial charge in [0.15, 0.2) is 0 Å². The van der Waals surface area contributed by atoms with Crippen molar-refractivity contribution in [3.05, 3.63) is 23.1 Å². The summed E-state index contributed by atoms with van der Waals surface area (Å²) in [5.74, 6) is 1.45. The topological polar surface area (TPSA) is 37.4 Å². The number of hydrogen-bond donors (Lipinski definition) is 1. The van der Waals surface area contributed by atoms with Crippen LogP contribution in [0.15, 0.2) is 6.07 Å². The second-order valence-corrected chi connectivity index (χ2v) is 6.63. The fraction of sp³-hybridized carbons (Fsp3) is 0.688. The number of nitrogens with one attached hydrogen (secondary N) is 1. The quantitative estimate of drug-likeness (QED) is 0.919. The fourth-order valence-electron chi connectivity index (χ4n) is 3.46. The van der Waals surface area contributed by atoms with Crippen molar-refractivity contribution in [1.29, 1.82) is 0 Å². The van der Waals surface area contributed by atoms with E-state index in [1.165, 1.54) is 12.8 Å². The zero-order valence-electron chi connectivity index (χ0n) is 12.4. The van der Waals surface area contributed by atoms with Crippen molar-refractivity contribution in [3.8, 4) is 0 Å². The Morgan fingerprint density at radius 2 is 2.29 bits per heavy atom. The summed E-state index contributed by atoms with van der Waals surface area (Å²) in [7, 11) is 0. The Bertz CT molecular complexity index is 547. The predicted octanol–water partition coefficient (Wildman–Crippen LogP) is 1.87. The van der Waals surface area contributed by atoms with Crippen LogP contribution in [0.1, 0.15) is 31.0 Å². The Kier molecular flexibility index (Phi) is 3.34. The van der Waals surface area contributed by atoms with Crippen molar-refractivity contribution < 1.29 is 9.13 Å². The van der Waals surface area contributed by atoms with Gasteiger partial charge < -0.3 is 15.0 Å². The number of anilines is 1. The largest absolute Gasteiger partial charge is 0.375 e. The second-order valence-electron chi connectivity index (χ2n) is 6.63. The molecule has 1 saturated heterocycles. The first-order chi connectivity index (χ1) is 10.2. The SMILES string of the molecule is C[C@@H]1CNC[C@H]2Cc3cc(F)c(COCC4CC4)nc3N21. The van der Waals surface area contributed by atoms with Crippen molar-refractivity contribution >= 4 is 5.82 Å². The molecule has 2 fully saturated rings. The maximum atomic E-state index is 14.2. The Hall–Kier alpha value is -1.20. The molecule has 1 aliphatic carbocycles. The molecule has 0 unspecified atom stereocenters. The molecule has 3 heterocycles. The number of pyridine rings is 1. The fourth-order valence-corrected chi connectivity index (χ4v) is 3.46. The molecule has 21 heavy (non-hydrogen) atoms. The van der Waals surface area contributed by atoms with E-state index >= 15 is 0 Å². The van der Waals surface area contributed by atoms with E-state index in [0.29, 0.717) is 30.3 Å². The molecule has 0 amide bonds. The minimum absolute atomic E-state index is 0.218. The summed E-state index contributed by atoms with van der Waals surface area (Å²) in [4.78, 5) is 6.96. The van der Waals surface area contributed by atoms with E-state index in [-0.39, 0.29) is 5.82 Å². The monoisotopic (exact) mass is 291 g/mol. The van der Waals surface area contributed by atoms with Gasteiger partial charge in [-0.3, -0.25) is 0 Å². The summed E-state index contributed by atoms with van der Waals surface area (Å²) in [6.45, 7) is 5.15. The Morgan fingerprint density at radius 1 is 1.43 bits per heavy atom. The highest BCUT2D eigenvalue weighted by atomic mass is 19.1. The molecule has 114 valence electrons. The first kappa shape index (κ1) is 13.5. The molecule has 0 bridgehead atoms. The number of halogens is 1. The van der Waals surface area contributed by atoms with Gasteiger partial charge in [0.05, 0.1) is 6.61 Å². The molecule has 1 aromatic heterocycles. The summed E-state index contributed by atoms with van der Waals surface area (Å²) in [5.41, 5.74) is 1.50. The first-order valence-electron chi connectivity index (χ1n) is 7.97. The van der Waals surface area contributed by atoms with Gasteiger partial charge in [0.1, 0.15) is 17.3 Å². The lowest BCUT2D eigenvalue weighted by Gasteiger charge is -2.37. The lowest BCUT2D eigenvalue weighted by molar-refractivity contribution is 0.106. The summed E-state index contributed by atoms with van der Waals surface area (Å²) in [5, 5.41) is 3.44. The maximum absolute atomic E-state index is 14.2. The highest BCUT2D eigenvalue weighted by molar-refractivity contribution is 5.56. The van der Waals surface area contributed by atoms with Crippen molar-refractivity contribution in [3.63, 3.8) is 0 Å². The van der Waals surface area contributed by atoms with Crippen LogP contribution in [0.5, 0.6) is 0 Å². The molecule has 1 aromatic rings. The maximum Gasteiger partial charge on any atom is 0.147 e. The number of nitrogens with zero attached hydrogens (tertiary/aromatic N) is 2. The van der Waals surface area contributed by atoms with Gasteiger partial charge in [-0.25, -0.2) is 9.37 Å². The van der Waals surface area contributed by atoms with E-state index in [1.54, 1.807) is 6.07 Å². The van der Waals surface area contributed by atoms with Gasteiger partial charge in [-0.05, 0) is 43.7 Å². The average molecular weight is 291 g/mol. The molecule has 0 aromatic carbocycles. The summed E-state index contributed by atoms with van der Waals surface area (Å²) in [6, 6.07) is 2.49. The Labute approximate surface area is 124 Å². The molecule has 3 aliphatic rings. The second kappa shape index (κ2) is 5.21. The molecular formula is C16H22FN3O. The number of rotatable bonds is 4. The van der Waals surface area contributed by atoms with Crippen LogP contribution in [0.3, 0.4) is 0 Å². The van der Waals surface area contributed by atoms with E-state index in [1.807, 2.05) is 0 Å². The molecule has 1 saturated carbocycles. The molecule has 0 radical (unpaired) electrons. The standard InChI is InChI=1S/C16H22FN3O/c1-10-6-18-7-13-4-12-5-14(17)15(19-16(12)20(10)13)9-21-8-11-2-3-11/h5,10-11,13,18H,2-4,6-9H2,1H3/t10-,13-/m1/s1. The van der Waals surface area contributed by atoms with Crippen LogP contribution >= 0.6 is 0 Å². The number of fused-ring (bicyclic) bond motifs is 3. The van der Waals surface area contributed by atoms with Crippen LogP contribution in [0.2, 0.25) is 0 Å². The predicted molar refractivity (Wildman–Crippen MR) is 78.9 cm³/mol. The third-order valence-electron chi connectivity index (χ3n) is 4.78. The van der Waals surface area contributed by atoms with Gasteiger partial charge >= 0.3 is 0 Å². The van der Waals surface area contributed by atoms with Gasteiger partial charge in [-0.15, -0.1) is 0 Å². The van der Waals surface area contributed by atoms with Crippen molar-refractivity contribution in [2.45, 2.75) is 44.9 Å². The lowest BCUT2D eigenvalue weighted by Crippen LogP contribution is -2.55. The molecule has 2 atom stereocenters. The molecular weight excluding hydrogens is 269 g/mol. The van der Waals surface area contributed by atoms with Crippen LogP contribution in [-0.4, -0.2) is 36.8 Å². The zero-order chi connectivity index (χ0) is 14.4. The van der Waals surface area contributed by atoms with E-state index < -0.39 is 0 Å². The lowest BCUT2D eigenvalue weighted by atomic mass is 10.1. The van der Waals surface area contributed by atoms with E-state index in [0.717, 1.165) is 37.5 Å². The molecule has 5 heteroatoms. The summed E-state index contributed by atoms with van der Waals surface area (Å²) >= 11 is 0. The Balaban J connectivity index is 1.55. The minimum Gasteiger partial charge on any atom is -0.375 e. The van der Waals surface area contributed by atoms with Crippen molar-refractivity contribution in [2.75, 3.05) is 24.6 Å². The molecule has 4 nitrogen and oxygen atoms in total. The molecule has 1 N–H and O–H groups in total. The van der Waals surface area contributed by atoms with E-state index in [4.69, 9.17) is 4.74 Å². The van der Waals surface area contributed by atoms with E-state index in [9.17, 15) is 4.39 Å². The van der Waals surface area contributed by atoms with Crippen LogP contribution in [0.25, 0.3) is 0 Å². The highest BCUT2D eigenvalue weighted by Crippen LogP contribution is 2.35. The van der Waals surface area contributed by atoms with Crippen LogP contribution in [0.4, 0.5) is 10.2 Å². The van der Waals surface area contributed by atoms with E-state index in [2.05, 4.69) is 22.1 Å². The summed E-state index contributed by atoms with van der Waals surface area (Å²) < 4.78 is 19.8. The summed E-state index contributed by atoms with van der Waals surface area (Å²) in [6.07, 6.45) is 3.39. The van der Waals surface area contributed by atoms with Crippen LogP contribution < -0.4 is 10.2 Å². The van der Waals surface area contributed by atoms with Crippen molar-refractivity contribution in [2.24, 2.45) is 5.92 Å². The van der Waals surface area contributed by atoms with Gasteiger partial charge in [-0.2, -0.15) is 0 Å². The zero-order valence-corrected chi connectivity index (χ0v) is 12.4. The van der Waals surface area contributed by atoms with Gasteiger partial charge in [0, 0.05) is 31.8 Å². The third kappa shape index (κ3) is 2.53. The molecule has 4 rings (SSSR count). The number of aromatic nitrogens is 1. The van der Waals surface area contributed by atoms with Crippen LogP contribution in [0, 0.1) is 11.7 Å². The Morgan fingerprint density at radius 3 is 3.10 bits per heavy atom. The van der Waals surface area contributed by atoms with Crippen molar-refractivity contribution in [1.82, 2.24) is 10.3 Å². The number of ether oxygens (including phenoxy) is 1. The van der Waals surface area contributed by atoms with Crippen LogP contribution in [-0.2, 0) is 17.8 Å². The highest BCUT2D eigenvalue weighted by Gasteiger charge is 2.37. The van der Waals surface area contributed by atoms with Gasteiger partial charge in [-0.1, -0.05) is 0 Å². The number of hydrogen-bond acceptors (Lipinski definition) is 4. The third-order valence-corrected chi connectivity index (χ3v) is 4.78. The number of piperazine rings is 1. The average Bonchev–Trinajstić information content (AvgIpc) is 3.20. The molecule has 0 spiro atoms. The first-order valence-corrected chi connectivity index (χ1v) is 7.97. The molecule has 2 aliphatic heterocycles. The normalized spacial score (nSPS) is 27.6. The van der Waals surface area contributed by atoms with Gasteiger partial charge in [0.25, 0.3) is 0 Å². The minimum atomic E-state index is -0.218. The smallest absolute Gasteiger partial charge is 0.147 e. The van der Waals surface area contributed by atoms with Gasteiger partial charge in [0.2, 0.25) is 0 Å².